The zero-order valence-electron chi connectivity index (χ0n) is 9.84. The Morgan fingerprint density at radius 1 is 1.28 bits per heavy atom. The van der Waals surface area contributed by atoms with Gasteiger partial charge in [-0.2, -0.15) is 0 Å². The number of aliphatic hydroxyl groups is 5. The molecule has 8 heteroatoms. The quantitative estimate of drug-likeness (QED) is 0.335. The summed E-state index contributed by atoms with van der Waals surface area (Å²) in [6, 6.07) is 0. The van der Waals surface area contributed by atoms with Crippen LogP contribution in [0.1, 0.15) is 6.92 Å². The summed E-state index contributed by atoms with van der Waals surface area (Å²) in [5.74, 6) is -1.01. The summed E-state index contributed by atoms with van der Waals surface area (Å²) >= 11 is 0. The molecular formula is C10H18O8. The first-order valence-electron chi connectivity index (χ1n) is 5.59. The van der Waals surface area contributed by atoms with Crippen molar-refractivity contribution in [2.75, 3.05) is 13.2 Å². The number of hydrogen-bond acceptors (Lipinski definition) is 8. The first-order valence-corrected chi connectivity index (χ1v) is 5.59. The van der Waals surface area contributed by atoms with Crippen molar-refractivity contribution in [3.8, 4) is 0 Å². The molecule has 0 bridgehead atoms. The van der Waals surface area contributed by atoms with Gasteiger partial charge in [-0.3, -0.25) is 0 Å². The van der Waals surface area contributed by atoms with Gasteiger partial charge in [0.1, 0.15) is 30.5 Å². The lowest BCUT2D eigenvalue weighted by molar-refractivity contribution is -0.250. The van der Waals surface area contributed by atoms with Crippen LogP contribution in [-0.4, -0.2) is 81.3 Å². The van der Waals surface area contributed by atoms with Crippen molar-refractivity contribution in [2.45, 2.75) is 43.5 Å². The van der Waals surface area contributed by atoms with Crippen LogP contribution in [0.3, 0.4) is 0 Å². The monoisotopic (exact) mass is 266 g/mol. The van der Waals surface area contributed by atoms with E-state index in [1.54, 1.807) is 0 Å². The molecule has 0 radical (unpaired) electrons. The second-order valence-corrected chi connectivity index (χ2v) is 3.99. The highest BCUT2D eigenvalue weighted by molar-refractivity contribution is 5.75. The molecule has 0 aromatic rings. The number of carbonyl (C=O) groups is 1. The summed E-state index contributed by atoms with van der Waals surface area (Å²) in [5.41, 5.74) is 0. The summed E-state index contributed by atoms with van der Waals surface area (Å²) < 4.78 is 9.55. The van der Waals surface area contributed by atoms with E-state index in [0.29, 0.717) is 0 Å². The van der Waals surface area contributed by atoms with Gasteiger partial charge < -0.3 is 35.0 Å². The third-order valence-corrected chi connectivity index (χ3v) is 2.77. The Hall–Kier alpha value is -0.770. The Labute approximate surface area is 103 Å². The summed E-state index contributed by atoms with van der Waals surface area (Å²) in [6.45, 7) is 0.947. The van der Waals surface area contributed by atoms with Crippen molar-refractivity contribution >= 4 is 5.97 Å². The van der Waals surface area contributed by atoms with E-state index in [9.17, 15) is 25.2 Å². The van der Waals surface area contributed by atoms with Crippen LogP contribution >= 0.6 is 0 Å². The zero-order valence-corrected chi connectivity index (χ0v) is 9.84. The largest absolute Gasteiger partial charge is 0.464 e. The van der Waals surface area contributed by atoms with E-state index in [1.807, 2.05) is 0 Å². The number of aliphatic hydroxyl groups excluding tert-OH is 5. The van der Waals surface area contributed by atoms with Gasteiger partial charge in [0.15, 0.2) is 6.10 Å². The number of hydrogen-bond donors (Lipinski definition) is 5. The van der Waals surface area contributed by atoms with Gasteiger partial charge in [0.25, 0.3) is 0 Å². The van der Waals surface area contributed by atoms with E-state index in [4.69, 9.17) is 9.84 Å². The maximum absolute atomic E-state index is 11.3. The molecule has 106 valence electrons. The van der Waals surface area contributed by atoms with Crippen molar-refractivity contribution in [1.82, 2.24) is 0 Å². The third kappa shape index (κ3) is 2.97. The smallest absolute Gasteiger partial charge is 0.337 e. The van der Waals surface area contributed by atoms with E-state index < -0.39 is 49.2 Å². The van der Waals surface area contributed by atoms with E-state index in [0.717, 1.165) is 0 Å². The Bertz CT molecular complexity index is 281. The second-order valence-electron chi connectivity index (χ2n) is 3.99. The highest BCUT2D eigenvalue weighted by Gasteiger charge is 2.48. The van der Waals surface area contributed by atoms with Gasteiger partial charge in [-0.15, -0.1) is 0 Å². The first-order chi connectivity index (χ1) is 8.43. The molecular weight excluding hydrogens is 248 g/mol. The van der Waals surface area contributed by atoms with E-state index >= 15 is 0 Å². The van der Waals surface area contributed by atoms with Gasteiger partial charge in [-0.1, -0.05) is 0 Å². The minimum Gasteiger partial charge on any atom is -0.464 e. The number of ether oxygens (including phenoxy) is 2. The molecule has 1 aliphatic heterocycles. The molecule has 1 heterocycles. The summed E-state index contributed by atoms with van der Waals surface area (Å²) in [6.07, 6.45) is -9.28. The maximum atomic E-state index is 11.3. The minimum absolute atomic E-state index is 0.0350. The first kappa shape index (κ1) is 15.3. The van der Waals surface area contributed by atoms with Gasteiger partial charge in [-0.25, -0.2) is 4.79 Å². The van der Waals surface area contributed by atoms with Gasteiger partial charge >= 0.3 is 5.97 Å². The fourth-order valence-electron chi connectivity index (χ4n) is 1.75. The van der Waals surface area contributed by atoms with Crippen molar-refractivity contribution in [2.24, 2.45) is 0 Å². The third-order valence-electron chi connectivity index (χ3n) is 2.77. The molecule has 1 saturated heterocycles. The summed E-state index contributed by atoms with van der Waals surface area (Å²) in [7, 11) is 0. The average Bonchev–Trinajstić information content (AvgIpc) is 2.36. The molecule has 0 aromatic heterocycles. The molecule has 0 amide bonds. The van der Waals surface area contributed by atoms with Crippen LogP contribution in [0.15, 0.2) is 0 Å². The molecule has 5 N–H and O–H groups in total. The molecule has 1 rings (SSSR count). The van der Waals surface area contributed by atoms with Gasteiger partial charge in [0.2, 0.25) is 0 Å². The summed E-state index contributed by atoms with van der Waals surface area (Å²) in [5, 5.41) is 47.2. The lowest BCUT2D eigenvalue weighted by atomic mass is 9.92. The van der Waals surface area contributed by atoms with Crippen LogP contribution < -0.4 is 0 Å². The van der Waals surface area contributed by atoms with Crippen molar-refractivity contribution in [1.29, 1.82) is 0 Å². The van der Waals surface area contributed by atoms with E-state index in [-0.39, 0.29) is 6.61 Å². The fraction of sp³-hybridized carbons (Fsp3) is 0.900. The molecule has 6 atom stereocenters. The SMILES string of the molecule is CCOC(=O)C(O)C1O[C@H](CO)[C@H](O)[C@H](O)[C@H]1O. The molecule has 1 fully saturated rings. The van der Waals surface area contributed by atoms with E-state index in [2.05, 4.69) is 4.74 Å². The van der Waals surface area contributed by atoms with Crippen molar-refractivity contribution in [3.05, 3.63) is 0 Å². The number of carbonyl (C=O) groups excluding carboxylic acids is 1. The Morgan fingerprint density at radius 2 is 1.89 bits per heavy atom. The average molecular weight is 266 g/mol. The van der Waals surface area contributed by atoms with Crippen LogP contribution in [-0.2, 0) is 14.3 Å². The maximum Gasteiger partial charge on any atom is 0.337 e. The van der Waals surface area contributed by atoms with Crippen molar-refractivity contribution in [3.63, 3.8) is 0 Å². The lowest BCUT2D eigenvalue weighted by Crippen LogP contribution is -2.62. The Balaban J connectivity index is 2.77. The predicted molar refractivity (Wildman–Crippen MR) is 56.4 cm³/mol. The molecule has 1 aliphatic rings. The molecule has 0 aromatic carbocycles. The Morgan fingerprint density at radius 3 is 2.39 bits per heavy atom. The molecule has 2 unspecified atom stereocenters. The molecule has 18 heavy (non-hydrogen) atoms. The normalized spacial score (nSPS) is 38.2. The zero-order chi connectivity index (χ0) is 13.9. The minimum atomic E-state index is -1.81. The van der Waals surface area contributed by atoms with Crippen LogP contribution in [0.25, 0.3) is 0 Å². The van der Waals surface area contributed by atoms with Gasteiger partial charge in [-0.05, 0) is 6.92 Å². The lowest BCUT2D eigenvalue weighted by Gasteiger charge is -2.41. The molecule has 0 saturated carbocycles. The van der Waals surface area contributed by atoms with Crippen molar-refractivity contribution < 1.29 is 39.8 Å². The van der Waals surface area contributed by atoms with Crippen LogP contribution in [0.2, 0.25) is 0 Å². The van der Waals surface area contributed by atoms with Gasteiger partial charge in [0, 0.05) is 0 Å². The fourth-order valence-corrected chi connectivity index (χ4v) is 1.75. The molecule has 0 aliphatic carbocycles. The topological polar surface area (TPSA) is 137 Å². The highest BCUT2D eigenvalue weighted by Crippen LogP contribution is 2.23. The standard InChI is InChI=1S/C10H18O8/c1-2-17-10(16)8(15)9-7(14)6(13)5(12)4(3-11)18-9/h4-9,11-15H,2-3H2,1H3/t4-,5+,6+,7-,8?,9?/m1/s1. The Kier molecular flexibility index (Phi) is 5.45. The van der Waals surface area contributed by atoms with Crippen LogP contribution in [0.5, 0.6) is 0 Å². The number of esters is 1. The number of rotatable bonds is 4. The second kappa shape index (κ2) is 6.41. The molecule has 0 spiro atoms. The van der Waals surface area contributed by atoms with Crippen LogP contribution in [0, 0.1) is 0 Å². The van der Waals surface area contributed by atoms with E-state index in [1.165, 1.54) is 6.92 Å². The highest BCUT2D eigenvalue weighted by atomic mass is 16.6. The molecule has 8 nitrogen and oxygen atoms in total. The summed E-state index contributed by atoms with van der Waals surface area (Å²) in [4.78, 5) is 11.3. The van der Waals surface area contributed by atoms with Gasteiger partial charge in [0.05, 0.1) is 13.2 Å². The van der Waals surface area contributed by atoms with Crippen LogP contribution in [0.4, 0.5) is 0 Å². The predicted octanol–water partition coefficient (Wildman–Crippen LogP) is -3.25.